The van der Waals surface area contributed by atoms with Gasteiger partial charge in [-0.3, -0.25) is 9.78 Å². The second kappa shape index (κ2) is 4.83. The van der Waals surface area contributed by atoms with Gasteiger partial charge in [0.2, 0.25) is 0 Å². The van der Waals surface area contributed by atoms with Crippen LogP contribution in [0.15, 0.2) is 42.7 Å². The number of rotatable bonds is 2. The van der Waals surface area contributed by atoms with Crippen molar-refractivity contribution >= 4 is 17.3 Å². The molecule has 0 aliphatic carbocycles. The lowest BCUT2D eigenvalue weighted by Crippen LogP contribution is -2.27. The lowest BCUT2D eigenvalue weighted by atomic mass is 10.2. The van der Waals surface area contributed by atoms with Gasteiger partial charge in [0.15, 0.2) is 0 Å². The van der Waals surface area contributed by atoms with Crippen molar-refractivity contribution in [3.8, 4) is 0 Å². The Morgan fingerprint density at radius 2 is 1.94 bits per heavy atom. The first kappa shape index (κ1) is 12.0. The van der Waals surface area contributed by atoms with Gasteiger partial charge in [-0.25, -0.2) is 4.39 Å². The minimum atomic E-state index is -0.344. The summed E-state index contributed by atoms with van der Waals surface area (Å²) in [4.78, 5) is 17.4. The van der Waals surface area contributed by atoms with Crippen molar-refractivity contribution < 1.29 is 9.18 Å². The van der Waals surface area contributed by atoms with Crippen molar-refractivity contribution in [3.05, 3.63) is 54.1 Å². The molecule has 0 atom stereocenters. The molecule has 0 aliphatic rings. The number of carbonyl (C=O) groups is 1. The normalized spacial score (nSPS) is 10.1. The molecule has 0 saturated carbocycles. The fraction of sp³-hybridized carbons (Fsp3) is 0.0769. The molecule has 0 saturated heterocycles. The van der Waals surface area contributed by atoms with E-state index < -0.39 is 0 Å². The molecule has 0 aliphatic heterocycles. The largest absolute Gasteiger partial charge is 0.397 e. The molecule has 5 heteroatoms. The predicted octanol–water partition coefficient (Wildman–Crippen LogP) is 2.08. The molecule has 4 nitrogen and oxygen atoms in total. The van der Waals surface area contributed by atoms with Crippen molar-refractivity contribution in [1.82, 2.24) is 4.98 Å². The maximum atomic E-state index is 12.8. The Labute approximate surface area is 104 Å². The molecule has 1 aromatic carbocycles. The smallest absolute Gasteiger partial charge is 0.260 e. The van der Waals surface area contributed by atoms with Gasteiger partial charge >= 0.3 is 0 Å². The van der Waals surface area contributed by atoms with Gasteiger partial charge in [0.25, 0.3) is 5.91 Å². The Balaban J connectivity index is 2.29. The zero-order valence-corrected chi connectivity index (χ0v) is 9.80. The summed E-state index contributed by atoms with van der Waals surface area (Å²) in [6, 6.07) is 7.22. The highest BCUT2D eigenvalue weighted by molar-refractivity contribution is 6.08. The summed E-state index contributed by atoms with van der Waals surface area (Å²) < 4.78 is 12.8. The first-order valence-electron chi connectivity index (χ1n) is 5.32. The predicted molar refractivity (Wildman–Crippen MR) is 67.8 cm³/mol. The SMILES string of the molecule is CN(C(=O)c1ccncc1N)c1ccc(F)cc1. The molecule has 18 heavy (non-hydrogen) atoms. The van der Waals surface area contributed by atoms with Crippen LogP contribution in [0.1, 0.15) is 10.4 Å². The van der Waals surface area contributed by atoms with Crippen LogP contribution < -0.4 is 10.6 Å². The summed E-state index contributed by atoms with van der Waals surface area (Å²) in [6.07, 6.45) is 2.92. The maximum Gasteiger partial charge on any atom is 0.260 e. The van der Waals surface area contributed by atoms with Crippen LogP contribution in [-0.4, -0.2) is 17.9 Å². The highest BCUT2D eigenvalue weighted by atomic mass is 19.1. The molecular formula is C13H12FN3O. The Kier molecular flexibility index (Phi) is 3.23. The molecule has 92 valence electrons. The number of nitrogens with two attached hydrogens (primary N) is 1. The van der Waals surface area contributed by atoms with Crippen molar-refractivity contribution in [1.29, 1.82) is 0 Å². The number of anilines is 2. The zero-order chi connectivity index (χ0) is 13.1. The third-order valence-electron chi connectivity index (χ3n) is 2.60. The number of hydrogen-bond donors (Lipinski definition) is 1. The second-order valence-corrected chi connectivity index (χ2v) is 3.80. The molecule has 0 radical (unpaired) electrons. The average molecular weight is 245 g/mol. The van der Waals surface area contributed by atoms with Crippen LogP contribution in [0.4, 0.5) is 15.8 Å². The summed E-state index contributed by atoms with van der Waals surface area (Å²) in [7, 11) is 1.61. The minimum Gasteiger partial charge on any atom is -0.397 e. The Morgan fingerprint density at radius 3 is 2.56 bits per heavy atom. The van der Waals surface area contributed by atoms with Crippen molar-refractivity contribution in [3.63, 3.8) is 0 Å². The Hall–Kier alpha value is -2.43. The van der Waals surface area contributed by atoms with Gasteiger partial charge in [-0.2, -0.15) is 0 Å². The third kappa shape index (κ3) is 2.29. The van der Waals surface area contributed by atoms with E-state index in [9.17, 15) is 9.18 Å². The molecule has 2 rings (SSSR count). The van der Waals surface area contributed by atoms with Gasteiger partial charge in [-0.15, -0.1) is 0 Å². The summed E-state index contributed by atoms with van der Waals surface area (Å²) in [6.45, 7) is 0. The van der Waals surface area contributed by atoms with Crippen LogP contribution in [0.5, 0.6) is 0 Å². The van der Waals surface area contributed by atoms with Gasteiger partial charge < -0.3 is 10.6 Å². The highest BCUT2D eigenvalue weighted by Crippen LogP contribution is 2.18. The van der Waals surface area contributed by atoms with E-state index in [0.29, 0.717) is 16.9 Å². The van der Waals surface area contributed by atoms with Gasteiger partial charge in [0.1, 0.15) is 5.82 Å². The van der Waals surface area contributed by atoms with Crippen LogP contribution in [0.3, 0.4) is 0 Å². The van der Waals surface area contributed by atoms with Crippen LogP contribution in [0.25, 0.3) is 0 Å². The summed E-state index contributed by atoms with van der Waals surface area (Å²) >= 11 is 0. The van der Waals surface area contributed by atoms with Crippen molar-refractivity contribution in [2.75, 3.05) is 17.7 Å². The molecule has 1 heterocycles. The van der Waals surface area contributed by atoms with E-state index in [4.69, 9.17) is 5.73 Å². The first-order chi connectivity index (χ1) is 8.59. The van der Waals surface area contributed by atoms with E-state index in [0.717, 1.165) is 0 Å². The fourth-order valence-electron chi connectivity index (χ4n) is 1.56. The van der Waals surface area contributed by atoms with E-state index >= 15 is 0 Å². The number of hydrogen-bond acceptors (Lipinski definition) is 3. The van der Waals surface area contributed by atoms with Crippen molar-refractivity contribution in [2.45, 2.75) is 0 Å². The lowest BCUT2D eigenvalue weighted by molar-refractivity contribution is 0.0993. The molecular weight excluding hydrogens is 233 g/mol. The molecule has 2 aromatic rings. The number of nitrogen functional groups attached to an aromatic ring is 1. The van der Waals surface area contributed by atoms with Gasteiger partial charge in [0.05, 0.1) is 17.4 Å². The number of pyridine rings is 1. The van der Waals surface area contributed by atoms with E-state index in [1.807, 2.05) is 0 Å². The number of carbonyl (C=O) groups excluding carboxylic acids is 1. The van der Waals surface area contributed by atoms with E-state index in [1.54, 1.807) is 13.1 Å². The van der Waals surface area contributed by atoms with E-state index in [2.05, 4.69) is 4.98 Å². The third-order valence-corrected chi connectivity index (χ3v) is 2.60. The van der Waals surface area contributed by atoms with Gasteiger partial charge in [-0.1, -0.05) is 0 Å². The van der Waals surface area contributed by atoms with Gasteiger partial charge in [0, 0.05) is 18.9 Å². The molecule has 0 unspecified atom stereocenters. The summed E-state index contributed by atoms with van der Waals surface area (Å²) in [5, 5.41) is 0. The number of benzene rings is 1. The molecule has 2 N–H and O–H groups in total. The van der Waals surface area contributed by atoms with Crippen LogP contribution in [0.2, 0.25) is 0 Å². The molecule has 1 amide bonds. The quantitative estimate of drug-likeness (QED) is 0.881. The number of aromatic nitrogens is 1. The zero-order valence-electron chi connectivity index (χ0n) is 9.80. The van der Waals surface area contributed by atoms with Crippen LogP contribution in [-0.2, 0) is 0 Å². The monoisotopic (exact) mass is 245 g/mol. The topological polar surface area (TPSA) is 59.2 Å². The number of amides is 1. The van der Waals surface area contributed by atoms with E-state index in [-0.39, 0.29) is 11.7 Å². The van der Waals surface area contributed by atoms with Crippen LogP contribution >= 0.6 is 0 Å². The maximum absolute atomic E-state index is 12.8. The first-order valence-corrected chi connectivity index (χ1v) is 5.32. The summed E-state index contributed by atoms with van der Waals surface area (Å²) in [5.74, 6) is -0.607. The lowest BCUT2D eigenvalue weighted by Gasteiger charge is -2.18. The molecule has 1 aromatic heterocycles. The number of halogens is 1. The van der Waals surface area contributed by atoms with Crippen molar-refractivity contribution in [2.24, 2.45) is 0 Å². The van der Waals surface area contributed by atoms with E-state index in [1.165, 1.54) is 41.6 Å². The summed E-state index contributed by atoms with van der Waals surface area (Å²) in [5.41, 5.74) is 6.97. The minimum absolute atomic E-state index is 0.262. The second-order valence-electron chi connectivity index (χ2n) is 3.80. The average Bonchev–Trinajstić information content (AvgIpc) is 2.38. The fourth-order valence-corrected chi connectivity index (χ4v) is 1.56. The molecule has 0 fully saturated rings. The molecule has 0 bridgehead atoms. The van der Waals surface area contributed by atoms with Gasteiger partial charge in [-0.05, 0) is 30.3 Å². The Morgan fingerprint density at radius 1 is 1.28 bits per heavy atom. The standard InChI is InChI=1S/C13H12FN3O/c1-17(10-4-2-9(14)3-5-10)13(18)11-6-7-16-8-12(11)15/h2-8H,15H2,1H3. The number of nitrogens with zero attached hydrogens (tertiary/aromatic N) is 2. The van der Waals surface area contributed by atoms with Crippen LogP contribution in [0, 0.1) is 5.82 Å². The Bertz CT molecular complexity index is 569. The molecule has 0 spiro atoms. The highest BCUT2D eigenvalue weighted by Gasteiger charge is 2.15.